The van der Waals surface area contributed by atoms with Crippen molar-refractivity contribution in [2.45, 2.75) is 32.4 Å². The van der Waals surface area contributed by atoms with Crippen LogP contribution in [0.25, 0.3) is 0 Å². The summed E-state index contributed by atoms with van der Waals surface area (Å²) in [5.41, 5.74) is -0.548. The van der Waals surface area contributed by atoms with Crippen LogP contribution in [0.4, 0.5) is 4.79 Å². The SMILES string of the molecule is CN(C)C(=O)C1CNCCN1C(=O)OC(C)(C)C.Cl. The molecular formula is C12H24ClN3O3. The van der Waals surface area contributed by atoms with Gasteiger partial charge in [0.2, 0.25) is 5.91 Å². The average molecular weight is 294 g/mol. The molecule has 1 fully saturated rings. The first-order valence-corrected chi connectivity index (χ1v) is 6.14. The summed E-state index contributed by atoms with van der Waals surface area (Å²) < 4.78 is 5.33. The molecule has 1 N–H and O–H groups in total. The Bertz CT molecular complexity index is 329. The summed E-state index contributed by atoms with van der Waals surface area (Å²) in [6, 6.07) is -0.483. The molecule has 1 heterocycles. The van der Waals surface area contributed by atoms with Gasteiger partial charge < -0.3 is 15.0 Å². The third-order valence-corrected chi connectivity index (χ3v) is 2.60. The smallest absolute Gasteiger partial charge is 0.411 e. The first-order chi connectivity index (χ1) is 8.22. The van der Waals surface area contributed by atoms with Gasteiger partial charge in [-0.25, -0.2) is 4.79 Å². The quantitative estimate of drug-likeness (QED) is 0.773. The predicted molar refractivity (Wildman–Crippen MR) is 75.5 cm³/mol. The fourth-order valence-corrected chi connectivity index (χ4v) is 1.76. The van der Waals surface area contributed by atoms with Gasteiger partial charge in [-0.15, -0.1) is 12.4 Å². The molecule has 0 aromatic carbocycles. The van der Waals surface area contributed by atoms with Gasteiger partial charge in [-0.2, -0.15) is 0 Å². The lowest BCUT2D eigenvalue weighted by molar-refractivity contribution is -0.134. The summed E-state index contributed by atoms with van der Waals surface area (Å²) in [6.45, 7) is 7.08. The Hall–Kier alpha value is -1.01. The van der Waals surface area contributed by atoms with E-state index in [0.29, 0.717) is 19.6 Å². The van der Waals surface area contributed by atoms with Gasteiger partial charge in [0.15, 0.2) is 0 Å². The Balaban J connectivity index is 0.00000324. The van der Waals surface area contributed by atoms with Crippen molar-refractivity contribution >= 4 is 24.4 Å². The van der Waals surface area contributed by atoms with E-state index in [4.69, 9.17) is 4.74 Å². The van der Waals surface area contributed by atoms with Crippen molar-refractivity contribution in [3.8, 4) is 0 Å². The van der Waals surface area contributed by atoms with Gasteiger partial charge in [0.25, 0.3) is 0 Å². The van der Waals surface area contributed by atoms with Gasteiger partial charge in [0, 0.05) is 33.7 Å². The summed E-state index contributed by atoms with van der Waals surface area (Å²) >= 11 is 0. The van der Waals surface area contributed by atoms with Crippen LogP contribution >= 0.6 is 12.4 Å². The number of nitrogens with zero attached hydrogens (tertiary/aromatic N) is 2. The zero-order chi connectivity index (χ0) is 13.9. The molecule has 1 rings (SSSR count). The summed E-state index contributed by atoms with van der Waals surface area (Å²) in [5.74, 6) is -0.0898. The largest absolute Gasteiger partial charge is 0.444 e. The molecule has 1 aliphatic rings. The number of halogens is 1. The second kappa shape index (κ2) is 6.96. The fraction of sp³-hybridized carbons (Fsp3) is 0.833. The van der Waals surface area contributed by atoms with Crippen LogP contribution < -0.4 is 5.32 Å². The van der Waals surface area contributed by atoms with E-state index in [1.165, 1.54) is 9.80 Å². The van der Waals surface area contributed by atoms with Crippen LogP contribution in [0.3, 0.4) is 0 Å². The van der Waals surface area contributed by atoms with Crippen LogP contribution in [0.5, 0.6) is 0 Å². The molecule has 0 aromatic rings. The number of likely N-dealkylation sites (N-methyl/N-ethyl adjacent to an activating group) is 1. The van der Waals surface area contributed by atoms with Crippen LogP contribution in [-0.2, 0) is 9.53 Å². The van der Waals surface area contributed by atoms with Crippen molar-refractivity contribution in [1.82, 2.24) is 15.1 Å². The van der Waals surface area contributed by atoms with Gasteiger partial charge in [0.1, 0.15) is 11.6 Å². The lowest BCUT2D eigenvalue weighted by Crippen LogP contribution is -2.60. The molecule has 1 saturated heterocycles. The Morgan fingerprint density at radius 2 is 1.89 bits per heavy atom. The molecule has 0 radical (unpaired) electrons. The predicted octanol–water partition coefficient (Wildman–Crippen LogP) is 0.705. The number of carbonyl (C=O) groups is 2. The molecule has 0 spiro atoms. The first-order valence-electron chi connectivity index (χ1n) is 6.14. The van der Waals surface area contributed by atoms with Gasteiger partial charge in [-0.05, 0) is 20.8 Å². The number of amides is 2. The Morgan fingerprint density at radius 3 is 2.37 bits per heavy atom. The van der Waals surface area contributed by atoms with Crippen molar-refractivity contribution in [2.75, 3.05) is 33.7 Å². The highest BCUT2D eigenvalue weighted by Crippen LogP contribution is 2.14. The molecule has 7 heteroatoms. The van der Waals surface area contributed by atoms with E-state index in [-0.39, 0.29) is 18.3 Å². The Morgan fingerprint density at radius 1 is 1.32 bits per heavy atom. The Labute approximate surface area is 120 Å². The van der Waals surface area contributed by atoms with E-state index in [1.54, 1.807) is 14.1 Å². The molecule has 1 unspecified atom stereocenters. The van der Waals surface area contributed by atoms with E-state index in [2.05, 4.69) is 5.32 Å². The van der Waals surface area contributed by atoms with Gasteiger partial charge in [0.05, 0.1) is 0 Å². The minimum atomic E-state index is -0.548. The monoisotopic (exact) mass is 293 g/mol. The lowest BCUT2D eigenvalue weighted by atomic mass is 10.1. The van der Waals surface area contributed by atoms with E-state index in [0.717, 1.165) is 0 Å². The standard InChI is InChI=1S/C12H23N3O3.ClH/c1-12(2,3)18-11(17)15-7-6-13-8-9(15)10(16)14(4)5;/h9,13H,6-8H2,1-5H3;1H. The van der Waals surface area contributed by atoms with Crippen molar-refractivity contribution in [2.24, 2.45) is 0 Å². The summed E-state index contributed by atoms with van der Waals surface area (Å²) in [5, 5.41) is 3.12. The van der Waals surface area contributed by atoms with Crippen LogP contribution in [0.15, 0.2) is 0 Å². The normalized spacial score (nSPS) is 19.4. The third-order valence-electron chi connectivity index (χ3n) is 2.60. The van der Waals surface area contributed by atoms with Crippen LogP contribution in [0, 0.1) is 0 Å². The molecule has 0 bridgehead atoms. The highest BCUT2D eigenvalue weighted by Gasteiger charge is 2.35. The summed E-state index contributed by atoms with van der Waals surface area (Å²) in [7, 11) is 3.37. The molecule has 6 nitrogen and oxygen atoms in total. The van der Waals surface area contributed by atoms with Crippen molar-refractivity contribution < 1.29 is 14.3 Å². The minimum absolute atomic E-state index is 0. The Kier molecular flexibility index (Phi) is 6.59. The zero-order valence-electron chi connectivity index (χ0n) is 12.2. The molecule has 112 valence electrons. The van der Waals surface area contributed by atoms with E-state index in [1.807, 2.05) is 20.8 Å². The molecule has 0 saturated carbocycles. The first kappa shape index (κ1) is 18.0. The number of nitrogens with one attached hydrogen (secondary N) is 1. The maximum absolute atomic E-state index is 12.1. The average Bonchev–Trinajstić information content (AvgIpc) is 2.25. The number of carbonyl (C=O) groups excluding carboxylic acids is 2. The van der Waals surface area contributed by atoms with Crippen LogP contribution in [-0.4, -0.2) is 67.2 Å². The number of piperazine rings is 1. The van der Waals surface area contributed by atoms with Crippen LogP contribution in [0.1, 0.15) is 20.8 Å². The second-order valence-electron chi connectivity index (χ2n) is 5.63. The van der Waals surface area contributed by atoms with Crippen LogP contribution in [0.2, 0.25) is 0 Å². The molecule has 19 heavy (non-hydrogen) atoms. The number of ether oxygens (including phenoxy) is 1. The van der Waals surface area contributed by atoms with Crippen molar-refractivity contribution in [3.05, 3.63) is 0 Å². The third kappa shape index (κ3) is 5.24. The van der Waals surface area contributed by atoms with E-state index < -0.39 is 17.7 Å². The molecular weight excluding hydrogens is 270 g/mol. The highest BCUT2D eigenvalue weighted by atomic mass is 35.5. The highest BCUT2D eigenvalue weighted by molar-refractivity contribution is 5.86. The minimum Gasteiger partial charge on any atom is -0.444 e. The number of hydrogen-bond donors (Lipinski definition) is 1. The number of hydrogen-bond acceptors (Lipinski definition) is 4. The topological polar surface area (TPSA) is 61.9 Å². The molecule has 1 atom stereocenters. The van der Waals surface area contributed by atoms with Gasteiger partial charge in [-0.3, -0.25) is 9.69 Å². The molecule has 0 aromatic heterocycles. The molecule has 0 aliphatic carbocycles. The lowest BCUT2D eigenvalue weighted by Gasteiger charge is -2.37. The van der Waals surface area contributed by atoms with E-state index in [9.17, 15) is 9.59 Å². The molecule has 1 aliphatic heterocycles. The van der Waals surface area contributed by atoms with Crippen molar-refractivity contribution in [3.63, 3.8) is 0 Å². The maximum atomic E-state index is 12.1. The zero-order valence-corrected chi connectivity index (χ0v) is 13.0. The summed E-state index contributed by atoms with van der Waals surface area (Å²) in [4.78, 5) is 27.1. The van der Waals surface area contributed by atoms with E-state index >= 15 is 0 Å². The van der Waals surface area contributed by atoms with Crippen molar-refractivity contribution in [1.29, 1.82) is 0 Å². The maximum Gasteiger partial charge on any atom is 0.411 e. The summed E-state index contributed by atoms with van der Waals surface area (Å²) in [6.07, 6.45) is -0.427. The molecule has 2 amide bonds. The van der Waals surface area contributed by atoms with Gasteiger partial charge in [-0.1, -0.05) is 0 Å². The second-order valence-corrected chi connectivity index (χ2v) is 5.63. The fourth-order valence-electron chi connectivity index (χ4n) is 1.76. The number of rotatable bonds is 1. The van der Waals surface area contributed by atoms with Gasteiger partial charge >= 0.3 is 6.09 Å².